The Bertz CT molecular complexity index is 532. The number of benzene rings is 2. The smallest absolute Gasteiger partial charge is 0.122 e. The second-order valence-electron chi connectivity index (χ2n) is 5.19. The molecule has 2 aromatic rings. The van der Waals surface area contributed by atoms with Crippen LogP contribution in [-0.4, -0.2) is 20.3 Å². The van der Waals surface area contributed by atoms with E-state index in [1.807, 2.05) is 24.3 Å². The molecule has 0 heterocycles. The first-order valence-corrected chi connectivity index (χ1v) is 7.20. The highest BCUT2D eigenvalue weighted by Gasteiger charge is 2.05. The molecule has 0 aromatic heterocycles. The van der Waals surface area contributed by atoms with Crippen molar-refractivity contribution in [2.45, 2.75) is 25.9 Å². The second-order valence-corrected chi connectivity index (χ2v) is 5.19. The van der Waals surface area contributed by atoms with E-state index in [-0.39, 0.29) is 0 Å². The van der Waals surface area contributed by atoms with E-state index in [4.69, 9.17) is 9.47 Å². The number of hydrogen-bond acceptors (Lipinski definition) is 3. The molecule has 2 aromatic carbocycles. The van der Waals surface area contributed by atoms with Crippen molar-refractivity contribution in [1.29, 1.82) is 0 Å². The average Bonchev–Trinajstić information content (AvgIpc) is 2.53. The van der Waals surface area contributed by atoms with E-state index in [1.165, 1.54) is 5.56 Å². The summed E-state index contributed by atoms with van der Waals surface area (Å²) in [5, 5.41) is 3.54. The van der Waals surface area contributed by atoms with E-state index in [0.717, 1.165) is 30.0 Å². The van der Waals surface area contributed by atoms with E-state index < -0.39 is 0 Å². The van der Waals surface area contributed by atoms with Crippen LogP contribution in [0.15, 0.2) is 48.5 Å². The molecule has 1 N–H and O–H groups in total. The first-order valence-electron chi connectivity index (χ1n) is 7.20. The molecule has 2 rings (SSSR count). The highest BCUT2D eigenvalue weighted by Crippen LogP contribution is 2.22. The van der Waals surface area contributed by atoms with Gasteiger partial charge in [-0.3, -0.25) is 0 Å². The molecular weight excluding hydrogens is 262 g/mol. The highest BCUT2D eigenvalue weighted by atomic mass is 16.5. The molecule has 0 bridgehead atoms. The van der Waals surface area contributed by atoms with Crippen LogP contribution >= 0.6 is 0 Å². The van der Waals surface area contributed by atoms with Gasteiger partial charge in [0, 0.05) is 18.7 Å². The molecule has 0 saturated carbocycles. The van der Waals surface area contributed by atoms with Gasteiger partial charge >= 0.3 is 0 Å². The van der Waals surface area contributed by atoms with Crippen LogP contribution in [0.3, 0.4) is 0 Å². The van der Waals surface area contributed by atoms with Crippen LogP contribution in [0.25, 0.3) is 0 Å². The average molecular weight is 285 g/mol. The van der Waals surface area contributed by atoms with Crippen LogP contribution in [0.2, 0.25) is 0 Å². The van der Waals surface area contributed by atoms with Gasteiger partial charge in [-0.2, -0.15) is 0 Å². The first kappa shape index (κ1) is 15.4. The molecule has 112 valence electrons. The molecule has 3 nitrogen and oxygen atoms in total. The Hall–Kier alpha value is -2.00. The number of ether oxygens (including phenoxy) is 2. The zero-order valence-electron chi connectivity index (χ0n) is 12.9. The van der Waals surface area contributed by atoms with Crippen molar-refractivity contribution in [2.24, 2.45) is 0 Å². The lowest BCUT2D eigenvalue weighted by Crippen LogP contribution is -2.27. The molecule has 0 saturated heterocycles. The fourth-order valence-corrected chi connectivity index (χ4v) is 2.30. The summed E-state index contributed by atoms with van der Waals surface area (Å²) >= 11 is 0. The number of nitrogens with one attached hydrogen (secondary N) is 1. The Labute approximate surface area is 126 Å². The Morgan fingerprint density at radius 2 is 1.52 bits per heavy atom. The zero-order valence-corrected chi connectivity index (χ0v) is 12.9. The largest absolute Gasteiger partial charge is 0.497 e. The standard InChI is InChI=1S/C18H23NO2/c1-14(9-15-7-5-4-6-8-15)19-13-16-10-17(20-2)12-18(11-16)21-3/h4-8,10-12,14,19H,9,13H2,1-3H3. The summed E-state index contributed by atoms with van der Waals surface area (Å²) in [5.41, 5.74) is 2.51. The molecule has 1 atom stereocenters. The lowest BCUT2D eigenvalue weighted by atomic mass is 10.1. The van der Waals surface area contributed by atoms with E-state index in [9.17, 15) is 0 Å². The Balaban J connectivity index is 1.93. The van der Waals surface area contributed by atoms with Gasteiger partial charge in [-0.15, -0.1) is 0 Å². The van der Waals surface area contributed by atoms with E-state index in [2.05, 4.69) is 36.5 Å². The molecule has 0 radical (unpaired) electrons. The van der Waals surface area contributed by atoms with Crippen molar-refractivity contribution in [3.05, 3.63) is 59.7 Å². The quantitative estimate of drug-likeness (QED) is 0.845. The summed E-state index contributed by atoms with van der Waals surface area (Å²) in [6, 6.07) is 16.9. The normalized spacial score (nSPS) is 12.0. The van der Waals surface area contributed by atoms with Crippen molar-refractivity contribution in [3.8, 4) is 11.5 Å². The fourth-order valence-electron chi connectivity index (χ4n) is 2.30. The minimum Gasteiger partial charge on any atom is -0.497 e. The van der Waals surface area contributed by atoms with Gasteiger partial charge < -0.3 is 14.8 Å². The Kier molecular flexibility index (Phi) is 5.64. The lowest BCUT2D eigenvalue weighted by Gasteiger charge is -2.15. The van der Waals surface area contributed by atoms with E-state index >= 15 is 0 Å². The third-order valence-corrected chi connectivity index (χ3v) is 3.45. The van der Waals surface area contributed by atoms with E-state index in [1.54, 1.807) is 14.2 Å². The third kappa shape index (κ3) is 4.80. The molecule has 3 heteroatoms. The number of methoxy groups -OCH3 is 2. The first-order chi connectivity index (χ1) is 10.2. The number of hydrogen-bond donors (Lipinski definition) is 1. The van der Waals surface area contributed by atoms with Gasteiger partial charge in [-0.1, -0.05) is 30.3 Å². The van der Waals surface area contributed by atoms with Crippen LogP contribution < -0.4 is 14.8 Å². The third-order valence-electron chi connectivity index (χ3n) is 3.45. The molecule has 0 aliphatic carbocycles. The summed E-state index contributed by atoms with van der Waals surface area (Å²) in [4.78, 5) is 0. The monoisotopic (exact) mass is 285 g/mol. The van der Waals surface area contributed by atoms with Crippen LogP contribution in [0.5, 0.6) is 11.5 Å². The van der Waals surface area contributed by atoms with Gasteiger partial charge in [0.25, 0.3) is 0 Å². The minimum absolute atomic E-state index is 0.407. The Morgan fingerprint density at radius 3 is 2.10 bits per heavy atom. The van der Waals surface area contributed by atoms with Crippen LogP contribution in [0.1, 0.15) is 18.1 Å². The zero-order chi connectivity index (χ0) is 15.1. The van der Waals surface area contributed by atoms with Crippen LogP contribution in [0.4, 0.5) is 0 Å². The highest BCUT2D eigenvalue weighted by molar-refractivity contribution is 5.38. The molecule has 21 heavy (non-hydrogen) atoms. The van der Waals surface area contributed by atoms with Crippen molar-refractivity contribution < 1.29 is 9.47 Å². The minimum atomic E-state index is 0.407. The van der Waals surface area contributed by atoms with Gasteiger partial charge in [0.15, 0.2) is 0 Å². The summed E-state index contributed by atoms with van der Waals surface area (Å²) in [6.07, 6.45) is 1.02. The molecular formula is C18H23NO2. The maximum absolute atomic E-state index is 5.29. The molecule has 0 amide bonds. The maximum atomic E-state index is 5.29. The lowest BCUT2D eigenvalue weighted by molar-refractivity contribution is 0.392. The van der Waals surface area contributed by atoms with Gasteiger partial charge in [0.1, 0.15) is 11.5 Å². The summed E-state index contributed by atoms with van der Waals surface area (Å²) in [6.45, 7) is 2.99. The fraction of sp³-hybridized carbons (Fsp3) is 0.333. The van der Waals surface area contributed by atoms with Crippen molar-refractivity contribution in [3.63, 3.8) is 0 Å². The van der Waals surface area contributed by atoms with Gasteiger partial charge in [0.2, 0.25) is 0 Å². The van der Waals surface area contributed by atoms with Crippen molar-refractivity contribution >= 4 is 0 Å². The molecule has 0 aliphatic rings. The molecule has 1 unspecified atom stereocenters. The topological polar surface area (TPSA) is 30.5 Å². The predicted octanol–water partition coefficient (Wildman–Crippen LogP) is 3.42. The predicted molar refractivity (Wildman–Crippen MR) is 86.0 cm³/mol. The van der Waals surface area contributed by atoms with Gasteiger partial charge in [0.05, 0.1) is 14.2 Å². The summed E-state index contributed by atoms with van der Waals surface area (Å²) < 4.78 is 10.6. The molecule has 0 spiro atoms. The Morgan fingerprint density at radius 1 is 0.905 bits per heavy atom. The molecule has 0 fully saturated rings. The summed E-state index contributed by atoms with van der Waals surface area (Å²) in [7, 11) is 3.34. The number of rotatable bonds is 7. The molecule has 0 aliphatic heterocycles. The second kappa shape index (κ2) is 7.70. The summed E-state index contributed by atoms with van der Waals surface area (Å²) in [5.74, 6) is 1.64. The van der Waals surface area contributed by atoms with Crippen molar-refractivity contribution in [1.82, 2.24) is 5.32 Å². The van der Waals surface area contributed by atoms with Crippen molar-refractivity contribution in [2.75, 3.05) is 14.2 Å². The van der Waals surface area contributed by atoms with Crippen LogP contribution in [0, 0.1) is 0 Å². The van der Waals surface area contributed by atoms with Crippen LogP contribution in [-0.2, 0) is 13.0 Å². The maximum Gasteiger partial charge on any atom is 0.122 e. The van der Waals surface area contributed by atoms with Gasteiger partial charge in [-0.25, -0.2) is 0 Å². The SMILES string of the molecule is COc1cc(CNC(C)Cc2ccccc2)cc(OC)c1. The van der Waals surface area contributed by atoms with Gasteiger partial charge in [-0.05, 0) is 36.6 Å². The van der Waals surface area contributed by atoms with E-state index in [0.29, 0.717) is 6.04 Å².